The first-order valence-corrected chi connectivity index (χ1v) is 5.86. The van der Waals surface area contributed by atoms with Gasteiger partial charge in [-0.15, -0.1) is 0 Å². The molecule has 0 radical (unpaired) electrons. The number of hydrogen-bond donors (Lipinski definition) is 0. The van der Waals surface area contributed by atoms with Crippen molar-refractivity contribution in [3.63, 3.8) is 0 Å². The lowest BCUT2D eigenvalue weighted by Gasteiger charge is -2.14. The molecule has 0 spiro atoms. The van der Waals surface area contributed by atoms with E-state index in [-0.39, 0.29) is 6.10 Å². The largest absolute Gasteiger partial charge is 0.471 e. The molecule has 1 unspecified atom stereocenters. The molecule has 3 nitrogen and oxygen atoms in total. The van der Waals surface area contributed by atoms with Gasteiger partial charge in [-0.05, 0) is 35.8 Å². The highest BCUT2D eigenvalue weighted by Gasteiger charge is 2.09. The van der Waals surface area contributed by atoms with Crippen molar-refractivity contribution >= 4 is 27.5 Å². The van der Waals surface area contributed by atoms with Gasteiger partial charge >= 0.3 is 0 Å². The van der Waals surface area contributed by atoms with Crippen LogP contribution < -0.4 is 4.74 Å². The van der Waals surface area contributed by atoms with E-state index < -0.39 is 0 Å². The highest BCUT2D eigenvalue weighted by Crippen LogP contribution is 2.25. The lowest BCUT2D eigenvalue weighted by atomic mass is 10.4. The monoisotopic (exact) mass is 293 g/mol. The van der Waals surface area contributed by atoms with E-state index in [4.69, 9.17) is 21.1 Å². The number of hydrogen-bond acceptors (Lipinski definition) is 3. The van der Waals surface area contributed by atoms with E-state index in [0.717, 1.165) is 4.47 Å². The van der Waals surface area contributed by atoms with Crippen molar-refractivity contribution in [2.75, 3.05) is 13.2 Å². The maximum Gasteiger partial charge on any atom is 0.232 e. The molecule has 0 bridgehead atoms. The molecule has 84 valence electrons. The standard InChI is InChI=1S/C10H13BrClNO2/c1-3-14-6-7(2)15-10-9(12)4-8(11)5-13-10/h4-5,7H,3,6H2,1-2H3. The Labute approximate surface area is 103 Å². The summed E-state index contributed by atoms with van der Waals surface area (Å²) < 4.78 is 11.6. The van der Waals surface area contributed by atoms with Crippen molar-refractivity contribution in [2.45, 2.75) is 20.0 Å². The van der Waals surface area contributed by atoms with Gasteiger partial charge in [-0.25, -0.2) is 4.98 Å². The number of rotatable bonds is 5. The van der Waals surface area contributed by atoms with Gasteiger partial charge in [0, 0.05) is 17.3 Å². The van der Waals surface area contributed by atoms with Crippen LogP contribution in [0.5, 0.6) is 5.88 Å². The first kappa shape index (κ1) is 12.7. The van der Waals surface area contributed by atoms with Crippen LogP contribution in [0.25, 0.3) is 0 Å². The van der Waals surface area contributed by atoms with Gasteiger partial charge in [-0.1, -0.05) is 11.6 Å². The predicted octanol–water partition coefficient (Wildman–Crippen LogP) is 3.30. The minimum atomic E-state index is -0.0591. The molecule has 0 saturated heterocycles. The zero-order valence-electron chi connectivity index (χ0n) is 8.67. The lowest BCUT2D eigenvalue weighted by molar-refractivity contribution is 0.0634. The zero-order chi connectivity index (χ0) is 11.3. The van der Waals surface area contributed by atoms with Crippen LogP contribution in [-0.4, -0.2) is 24.3 Å². The van der Waals surface area contributed by atoms with Gasteiger partial charge in [0.25, 0.3) is 0 Å². The fourth-order valence-electron chi connectivity index (χ4n) is 0.997. The molecule has 1 rings (SSSR count). The first-order valence-electron chi connectivity index (χ1n) is 4.69. The SMILES string of the molecule is CCOCC(C)Oc1ncc(Br)cc1Cl. The fourth-order valence-corrected chi connectivity index (χ4v) is 1.67. The Morgan fingerprint density at radius 3 is 2.93 bits per heavy atom. The average Bonchev–Trinajstić information content (AvgIpc) is 2.19. The summed E-state index contributed by atoms with van der Waals surface area (Å²) in [4.78, 5) is 4.07. The van der Waals surface area contributed by atoms with Gasteiger partial charge in [0.1, 0.15) is 11.1 Å². The quantitative estimate of drug-likeness (QED) is 0.835. The summed E-state index contributed by atoms with van der Waals surface area (Å²) >= 11 is 9.23. The fraction of sp³-hybridized carbons (Fsp3) is 0.500. The first-order chi connectivity index (χ1) is 7.13. The minimum absolute atomic E-state index is 0.0591. The Kier molecular flexibility index (Phi) is 5.36. The van der Waals surface area contributed by atoms with Crippen LogP contribution in [0.3, 0.4) is 0 Å². The number of ether oxygens (including phenoxy) is 2. The molecule has 0 aromatic carbocycles. The maximum atomic E-state index is 5.95. The normalized spacial score (nSPS) is 12.5. The van der Waals surface area contributed by atoms with E-state index in [0.29, 0.717) is 24.1 Å². The van der Waals surface area contributed by atoms with Crippen LogP contribution in [0.15, 0.2) is 16.7 Å². The van der Waals surface area contributed by atoms with Gasteiger partial charge in [0.05, 0.1) is 6.61 Å². The Morgan fingerprint density at radius 2 is 2.33 bits per heavy atom. The Bertz CT molecular complexity index is 322. The molecule has 1 heterocycles. The van der Waals surface area contributed by atoms with Crippen molar-refractivity contribution in [3.05, 3.63) is 21.8 Å². The second-order valence-electron chi connectivity index (χ2n) is 3.03. The predicted molar refractivity (Wildman–Crippen MR) is 63.5 cm³/mol. The highest BCUT2D eigenvalue weighted by atomic mass is 79.9. The molecule has 0 aliphatic carbocycles. The van der Waals surface area contributed by atoms with Crippen molar-refractivity contribution in [3.8, 4) is 5.88 Å². The van der Waals surface area contributed by atoms with E-state index in [9.17, 15) is 0 Å². The number of aromatic nitrogens is 1. The molecule has 0 fully saturated rings. The molecule has 1 aromatic rings. The molecular formula is C10H13BrClNO2. The van der Waals surface area contributed by atoms with Crippen LogP contribution >= 0.6 is 27.5 Å². The van der Waals surface area contributed by atoms with Crippen LogP contribution in [0, 0.1) is 0 Å². The summed E-state index contributed by atoms with van der Waals surface area (Å²) in [5, 5.41) is 0.493. The van der Waals surface area contributed by atoms with E-state index in [1.165, 1.54) is 0 Å². The van der Waals surface area contributed by atoms with Crippen molar-refractivity contribution in [1.82, 2.24) is 4.98 Å². The second-order valence-corrected chi connectivity index (χ2v) is 4.35. The van der Waals surface area contributed by atoms with E-state index in [2.05, 4.69) is 20.9 Å². The van der Waals surface area contributed by atoms with Gasteiger partial charge in [-0.3, -0.25) is 0 Å². The van der Waals surface area contributed by atoms with Crippen LogP contribution in [0.4, 0.5) is 0 Å². The van der Waals surface area contributed by atoms with Gasteiger partial charge < -0.3 is 9.47 Å². The number of nitrogens with zero attached hydrogens (tertiary/aromatic N) is 1. The van der Waals surface area contributed by atoms with Gasteiger partial charge in [0.2, 0.25) is 5.88 Å². The highest BCUT2D eigenvalue weighted by molar-refractivity contribution is 9.10. The summed E-state index contributed by atoms with van der Waals surface area (Å²) in [5.41, 5.74) is 0. The zero-order valence-corrected chi connectivity index (χ0v) is 11.0. The molecule has 0 N–H and O–H groups in total. The smallest absolute Gasteiger partial charge is 0.232 e. The van der Waals surface area contributed by atoms with Crippen molar-refractivity contribution in [2.24, 2.45) is 0 Å². The minimum Gasteiger partial charge on any atom is -0.471 e. The Hall–Kier alpha value is -0.320. The average molecular weight is 295 g/mol. The Morgan fingerprint density at radius 1 is 1.60 bits per heavy atom. The Balaban J connectivity index is 2.56. The summed E-state index contributed by atoms with van der Waals surface area (Å²) in [5.74, 6) is 0.437. The molecule has 5 heteroatoms. The lowest BCUT2D eigenvalue weighted by Crippen LogP contribution is -2.19. The van der Waals surface area contributed by atoms with Gasteiger partial charge in [-0.2, -0.15) is 0 Å². The van der Waals surface area contributed by atoms with Crippen molar-refractivity contribution < 1.29 is 9.47 Å². The number of halogens is 2. The van der Waals surface area contributed by atoms with E-state index >= 15 is 0 Å². The van der Waals surface area contributed by atoms with E-state index in [1.54, 1.807) is 12.3 Å². The second kappa shape index (κ2) is 6.30. The van der Waals surface area contributed by atoms with E-state index in [1.807, 2.05) is 13.8 Å². The summed E-state index contributed by atoms with van der Waals surface area (Å²) in [6.45, 7) is 5.06. The van der Waals surface area contributed by atoms with Crippen LogP contribution in [0.2, 0.25) is 5.02 Å². The van der Waals surface area contributed by atoms with Gasteiger partial charge in [0.15, 0.2) is 0 Å². The van der Waals surface area contributed by atoms with Crippen LogP contribution in [0.1, 0.15) is 13.8 Å². The third kappa shape index (κ3) is 4.36. The molecule has 1 atom stereocenters. The summed E-state index contributed by atoms with van der Waals surface area (Å²) in [7, 11) is 0. The summed E-state index contributed by atoms with van der Waals surface area (Å²) in [6.07, 6.45) is 1.59. The molecule has 0 aliphatic rings. The van der Waals surface area contributed by atoms with Crippen molar-refractivity contribution in [1.29, 1.82) is 0 Å². The topological polar surface area (TPSA) is 31.4 Å². The molecule has 1 aromatic heterocycles. The maximum absolute atomic E-state index is 5.95. The molecule has 0 aliphatic heterocycles. The third-order valence-corrected chi connectivity index (χ3v) is 2.35. The number of pyridine rings is 1. The molecule has 0 saturated carbocycles. The third-order valence-electron chi connectivity index (χ3n) is 1.64. The summed E-state index contributed by atoms with van der Waals surface area (Å²) in [6, 6.07) is 1.75. The molecule has 15 heavy (non-hydrogen) atoms. The molecule has 0 amide bonds. The molecular weight excluding hydrogens is 281 g/mol. The van der Waals surface area contributed by atoms with Crippen LogP contribution in [-0.2, 0) is 4.74 Å².